The predicted octanol–water partition coefficient (Wildman–Crippen LogP) is 7.48. The lowest BCUT2D eigenvalue weighted by molar-refractivity contribution is -0.230. The largest absolute Gasteiger partial charge is 0.461 e. The van der Waals surface area contributed by atoms with E-state index in [0.29, 0.717) is 71.5 Å². The molecule has 4 aromatic rings. The Morgan fingerprint density at radius 2 is 1.85 bits per heavy atom. The number of pyridine rings is 1. The fourth-order valence-electron chi connectivity index (χ4n) is 10.6. The SMILES string of the molecule is C#Cc1c(F)ccc2cccc(-c3nc4c5c(nc(OC[C@@]67CCCN6[C@H](COC(C6CC6)C(F)(F)F)CC7)nc5c3F)N3C[C@@H]5CC[C@@H](N5)[C@H]3CCC4)c12. The van der Waals surface area contributed by atoms with Crippen LogP contribution in [0.5, 0.6) is 6.01 Å². The van der Waals surface area contributed by atoms with Crippen molar-refractivity contribution in [1.29, 1.82) is 0 Å². The third kappa shape index (κ3) is 5.93. The molecule has 288 valence electrons. The quantitative estimate of drug-likeness (QED) is 0.147. The van der Waals surface area contributed by atoms with Crippen LogP contribution in [0.15, 0.2) is 30.3 Å². The molecule has 1 N–H and O–H groups in total. The molecule has 6 atom stereocenters. The van der Waals surface area contributed by atoms with Gasteiger partial charge >= 0.3 is 12.2 Å². The summed E-state index contributed by atoms with van der Waals surface area (Å²) in [6.07, 6.45) is 8.39. The molecule has 0 radical (unpaired) electrons. The number of rotatable bonds is 8. The molecule has 0 spiro atoms. The Balaban J connectivity index is 1.04. The van der Waals surface area contributed by atoms with E-state index in [0.717, 1.165) is 51.5 Å². The zero-order chi connectivity index (χ0) is 37.6. The van der Waals surface area contributed by atoms with Crippen molar-refractivity contribution in [3.63, 3.8) is 0 Å². The third-order valence-corrected chi connectivity index (χ3v) is 13.3. The van der Waals surface area contributed by atoms with Gasteiger partial charge in [0.2, 0.25) is 0 Å². The Morgan fingerprint density at radius 1 is 0.982 bits per heavy atom. The average molecular weight is 759 g/mol. The summed E-state index contributed by atoms with van der Waals surface area (Å²) in [5, 5.41) is 5.43. The lowest BCUT2D eigenvalue weighted by Crippen LogP contribution is -2.58. The first-order valence-corrected chi connectivity index (χ1v) is 19.8. The van der Waals surface area contributed by atoms with Gasteiger partial charge in [0.05, 0.1) is 28.8 Å². The van der Waals surface area contributed by atoms with Gasteiger partial charge < -0.3 is 19.7 Å². The number of aryl methyl sites for hydroxylation is 1. The van der Waals surface area contributed by atoms with E-state index in [1.165, 1.54) is 6.07 Å². The normalized spacial score (nSPS) is 28.2. The van der Waals surface area contributed by atoms with E-state index in [2.05, 4.69) is 21.0 Å². The fourth-order valence-corrected chi connectivity index (χ4v) is 10.6. The molecule has 10 rings (SSSR count). The van der Waals surface area contributed by atoms with Crippen LogP contribution in [0.25, 0.3) is 32.9 Å². The number of anilines is 1. The molecule has 4 saturated heterocycles. The van der Waals surface area contributed by atoms with Crippen molar-refractivity contribution in [2.45, 2.75) is 113 Å². The Kier molecular flexibility index (Phi) is 8.50. The maximum atomic E-state index is 17.4. The van der Waals surface area contributed by atoms with Gasteiger partial charge in [0, 0.05) is 41.7 Å². The summed E-state index contributed by atoms with van der Waals surface area (Å²) in [4.78, 5) is 19.4. The zero-order valence-electron chi connectivity index (χ0n) is 30.5. The first-order valence-electron chi connectivity index (χ1n) is 19.8. The lowest BCUT2D eigenvalue weighted by atomic mass is 9.93. The molecule has 2 aromatic heterocycles. The Labute approximate surface area is 316 Å². The topological polar surface area (TPSA) is 75.6 Å². The highest BCUT2D eigenvalue weighted by atomic mass is 19.4. The number of hydrogen-bond acceptors (Lipinski definition) is 8. The van der Waals surface area contributed by atoms with Gasteiger partial charge in [-0.2, -0.15) is 23.1 Å². The molecule has 0 amide bonds. The molecule has 5 fully saturated rings. The van der Waals surface area contributed by atoms with Crippen LogP contribution in [0.3, 0.4) is 0 Å². The van der Waals surface area contributed by atoms with E-state index in [-0.39, 0.29) is 54.1 Å². The van der Waals surface area contributed by atoms with Gasteiger partial charge in [-0.3, -0.25) is 4.90 Å². The number of piperazine rings is 1. The maximum absolute atomic E-state index is 17.4. The smallest absolute Gasteiger partial charge is 0.414 e. The molecular weight excluding hydrogens is 715 g/mol. The van der Waals surface area contributed by atoms with Crippen molar-refractivity contribution in [3.8, 4) is 29.6 Å². The van der Waals surface area contributed by atoms with Crippen molar-refractivity contribution in [3.05, 3.63) is 53.2 Å². The summed E-state index contributed by atoms with van der Waals surface area (Å²) in [5.74, 6) is 1.41. The molecule has 2 aromatic carbocycles. The highest BCUT2D eigenvalue weighted by Crippen LogP contribution is 2.47. The minimum atomic E-state index is -4.38. The molecule has 1 saturated carbocycles. The van der Waals surface area contributed by atoms with Crippen LogP contribution in [0.4, 0.5) is 27.8 Å². The second kappa shape index (κ2) is 13.2. The van der Waals surface area contributed by atoms with Crippen LogP contribution < -0.4 is 15.0 Å². The number of alkyl halides is 3. The number of halogens is 5. The monoisotopic (exact) mass is 758 g/mol. The van der Waals surface area contributed by atoms with Gasteiger partial charge in [0.1, 0.15) is 29.5 Å². The van der Waals surface area contributed by atoms with E-state index in [1.807, 2.05) is 6.07 Å². The second-order valence-corrected chi connectivity index (χ2v) is 16.5. The van der Waals surface area contributed by atoms with E-state index >= 15 is 8.78 Å². The standard InChI is InChI=1S/C42H43F5N6O2/c1-2-27-29(43)14-12-23-6-3-7-28(33(23)27)36-35(44)37-34-31(49-36)8-4-9-32-30-15-13-25(48-30)20-52(32)39(34)51-40(50-37)55-22-41-17-5-19-53(41)26(16-18-41)21-54-38(24-10-11-24)42(45,46)47/h1,3,6-7,12,14,24-26,30,32,38,48H,4-5,8-11,13,15-22H2/t25-,26-,30+,32+,38?,41-/m0/s1. The summed E-state index contributed by atoms with van der Waals surface area (Å²) < 4.78 is 85.9. The number of ether oxygens (including phenoxy) is 2. The maximum Gasteiger partial charge on any atom is 0.414 e. The van der Waals surface area contributed by atoms with E-state index < -0.39 is 35.4 Å². The number of fused-ring (bicyclic) bond motifs is 7. The molecule has 13 heteroatoms. The van der Waals surface area contributed by atoms with Crippen molar-refractivity contribution in [1.82, 2.24) is 25.2 Å². The van der Waals surface area contributed by atoms with Gasteiger partial charge in [-0.1, -0.05) is 30.2 Å². The molecule has 7 heterocycles. The number of benzene rings is 2. The van der Waals surface area contributed by atoms with Crippen molar-refractivity contribution >= 4 is 27.5 Å². The molecule has 5 aliphatic heterocycles. The van der Waals surface area contributed by atoms with Crippen molar-refractivity contribution in [2.24, 2.45) is 5.92 Å². The highest BCUT2D eigenvalue weighted by Gasteiger charge is 2.53. The lowest BCUT2D eigenvalue weighted by Gasteiger charge is -2.43. The van der Waals surface area contributed by atoms with Crippen LogP contribution >= 0.6 is 0 Å². The number of hydrogen-bond donors (Lipinski definition) is 1. The molecule has 55 heavy (non-hydrogen) atoms. The minimum Gasteiger partial charge on any atom is -0.461 e. The van der Waals surface area contributed by atoms with E-state index in [4.69, 9.17) is 30.8 Å². The summed E-state index contributed by atoms with van der Waals surface area (Å²) in [6, 6.07) is 8.91. The summed E-state index contributed by atoms with van der Waals surface area (Å²) in [7, 11) is 0. The second-order valence-electron chi connectivity index (χ2n) is 16.5. The molecule has 6 aliphatic rings. The van der Waals surface area contributed by atoms with Crippen molar-refractivity contribution in [2.75, 3.05) is 31.2 Å². The minimum absolute atomic E-state index is 0.0228. The van der Waals surface area contributed by atoms with Crippen LogP contribution in [-0.2, 0) is 11.2 Å². The van der Waals surface area contributed by atoms with E-state index in [1.54, 1.807) is 18.2 Å². The van der Waals surface area contributed by atoms with Crippen LogP contribution in [0, 0.1) is 29.9 Å². The van der Waals surface area contributed by atoms with Gasteiger partial charge in [-0.05, 0) is 94.5 Å². The number of terminal acetylenes is 1. The first kappa shape index (κ1) is 35.3. The zero-order valence-corrected chi connectivity index (χ0v) is 30.5. The van der Waals surface area contributed by atoms with E-state index in [9.17, 15) is 13.2 Å². The summed E-state index contributed by atoms with van der Waals surface area (Å²) >= 11 is 0. The van der Waals surface area contributed by atoms with Crippen molar-refractivity contribution < 1.29 is 31.4 Å². The third-order valence-electron chi connectivity index (χ3n) is 13.3. The predicted molar refractivity (Wildman–Crippen MR) is 198 cm³/mol. The number of aromatic nitrogens is 3. The van der Waals surface area contributed by atoms with Gasteiger partial charge in [0.15, 0.2) is 11.9 Å². The van der Waals surface area contributed by atoms with Gasteiger partial charge in [-0.25, -0.2) is 13.8 Å². The van der Waals surface area contributed by atoms with Crippen LogP contribution in [-0.4, -0.2) is 88.1 Å². The molecular formula is C42H43F5N6O2. The Morgan fingerprint density at radius 3 is 2.67 bits per heavy atom. The average Bonchev–Trinajstić information content (AvgIpc) is 3.64. The summed E-state index contributed by atoms with van der Waals surface area (Å²) in [6.45, 7) is 1.69. The highest BCUT2D eigenvalue weighted by molar-refractivity contribution is 6.02. The first-order chi connectivity index (χ1) is 26.6. The fraction of sp³-hybridized carbons (Fsp3) is 0.548. The molecule has 1 aliphatic carbocycles. The van der Waals surface area contributed by atoms with Crippen LogP contribution in [0.1, 0.15) is 75.5 Å². The Hall–Kier alpha value is -4.12. The summed E-state index contributed by atoms with van der Waals surface area (Å²) in [5.41, 5.74) is 0.844. The number of nitrogens with zero attached hydrogens (tertiary/aromatic N) is 5. The van der Waals surface area contributed by atoms with Gasteiger partial charge in [-0.15, -0.1) is 6.42 Å². The van der Waals surface area contributed by atoms with Gasteiger partial charge in [0.25, 0.3) is 0 Å². The molecule has 8 nitrogen and oxygen atoms in total. The molecule has 2 bridgehead atoms. The van der Waals surface area contributed by atoms with Crippen LogP contribution in [0.2, 0.25) is 0 Å². The number of nitrogens with one attached hydrogen (secondary N) is 1. The Bertz CT molecular complexity index is 2220. The molecule has 1 unspecified atom stereocenters.